The molecule has 0 bridgehead atoms. The second-order valence-electron chi connectivity index (χ2n) is 5.98. The quantitative estimate of drug-likeness (QED) is 0.869. The molecular formula is C15H27N3. The molecule has 1 N–H and O–H groups in total. The Kier molecular flexibility index (Phi) is 4.81. The molecular weight excluding hydrogens is 222 g/mol. The van der Waals surface area contributed by atoms with Crippen molar-refractivity contribution >= 4 is 0 Å². The van der Waals surface area contributed by atoms with Gasteiger partial charge in [-0.3, -0.25) is 4.68 Å². The molecule has 1 fully saturated rings. The molecule has 18 heavy (non-hydrogen) atoms. The SMILES string of the molecule is CNC(CCc1cnn(C)c1)C1CCC(C)CC1. The van der Waals surface area contributed by atoms with Gasteiger partial charge < -0.3 is 5.32 Å². The van der Waals surface area contributed by atoms with Crippen LogP contribution < -0.4 is 5.32 Å². The van der Waals surface area contributed by atoms with E-state index in [1.165, 1.54) is 37.7 Å². The predicted molar refractivity (Wildman–Crippen MR) is 75.5 cm³/mol. The highest BCUT2D eigenvalue weighted by Crippen LogP contribution is 2.31. The molecule has 0 aliphatic heterocycles. The van der Waals surface area contributed by atoms with Gasteiger partial charge in [0.05, 0.1) is 6.20 Å². The molecule has 0 aromatic carbocycles. The number of hydrogen-bond acceptors (Lipinski definition) is 2. The maximum Gasteiger partial charge on any atom is 0.0521 e. The van der Waals surface area contributed by atoms with Crippen LogP contribution in [0.15, 0.2) is 12.4 Å². The summed E-state index contributed by atoms with van der Waals surface area (Å²) in [6.07, 6.45) is 12.1. The molecule has 1 saturated carbocycles. The van der Waals surface area contributed by atoms with Crippen molar-refractivity contribution in [3.8, 4) is 0 Å². The zero-order valence-electron chi connectivity index (χ0n) is 12.0. The first-order valence-electron chi connectivity index (χ1n) is 7.34. The van der Waals surface area contributed by atoms with Gasteiger partial charge in [-0.05, 0) is 50.1 Å². The highest BCUT2D eigenvalue weighted by molar-refractivity contribution is 5.04. The summed E-state index contributed by atoms with van der Waals surface area (Å²) >= 11 is 0. The van der Waals surface area contributed by atoms with Crippen molar-refractivity contribution < 1.29 is 0 Å². The second-order valence-corrected chi connectivity index (χ2v) is 5.98. The molecule has 3 nitrogen and oxygen atoms in total. The smallest absolute Gasteiger partial charge is 0.0521 e. The number of nitrogens with one attached hydrogen (secondary N) is 1. The molecule has 1 atom stereocenters. The van der Waals surface area contributed by atoms with Gasteiger partial charge in [0.1, 0.15) is 0 Å². The van der Waals surface area contributed by atoms with Gasteiger partial charge in [0.25, 0.3) is 0 Å². The third-order valence-electron chi connectivity index (χ3n) is 4.50. The van der Waals surface area contributed by atoms with E-state index in [2.05, 4.69) is 30.6 Å². The third-order valence-corrected chi connectivity index (χ3v) is 4.50. The van der Waals surface area contributed by atoms with E-state index in [9.17, 15) is 0 Å². The lowest BCUT2D eigenvalue weighted by atomic mass is 9.78. The van der Waals surface area contributed by atoms with Gasteiger partial charge >= 0.3 is 0 Å². The van der Waals surface area contributed by atoms with Crippen LogP contribution in [0.1, 0.15) is 44.6 Å². The summed E-state index contributed by atoms with van der Waals surface area (Å²) in [5.74, 6) is 1.82. The summed E-state index contributed by atoms with van der Waals surface area (Å²) in [4.78, 5) is 0. The molecule has 1 aliphatic carbocycles. The first-order valence-corrected chi connectivity index (χ1v) is 7.34. The Labute approximate surface area is 111 Å². The molecule has 0 saturated heterocycles. The lowest BCUT2D eigenvalue weighted by Gasteiger charge is -2.32. The van der Waals surface area contributed by atoms with Crippen molar-refractivity contribution in [3.63, 3.8) is 0 Å². The summed E-state index contributed by atoms with van der Waals surface area (Å²) in [5, 5.41) is 7.78. The molecule has 0 spiro atoms. The Morgan fingerprint density at radius 3 is 2.67 bits per heavy atom. The van der Waals surface area contributed by atoms with Crippen LogP contribution in [0.3, 0.4) is 0 Å². The molecule has 1 heterocycles. The molecule has 102 valence electrons. The topological polar surface area (TPSA) is 29.9 Å². The molecule has 1 unspecified atom stereocenters. The van der Waals surface area contributed by atoms with Crippen molar-refractivity contribution in [1.29, 1.82) is 0 Å². The van der Waals surface area contributed by atoms with Gasteiger partial charge in [-0.15, -0.1) is 0 Å². The first kappa shape index (κ1) is 13.6. The van der Waals surface area contributed by atoms with Crippen LogP contribution in [-0.4, -0.2) is 22.9 Å². The van der Waals surface area contributed by atoms with Crippen molar-refractivity contribution in [2.75, 3.05) is 7.05 Å². The summed E-state index contributed by atoms with van der Waals surface area (Å²) in [6, 6.07) is 0.678. The van der Waals surface area contributed by atoms with E-state index < -0.39 is 0 Å². The van der Waals surface area contributed by atoms with E-state index in [0.717, 1.165) is 18.3 Å². The Hall–Kier alpha value is -0.830. The van der Waals surface area contributed by atoms with Crippen molar-refractivity contribution in [3.05, 3.63) is 18.0 Å². The fraction of sp³-hybridized carbons (Fsp3) is 0.800. The van der Waals surface area contributed by atoms with Gasteiger partial charge in [-0.2, -0.15) is 5.10 Å². The zero-order valence-corrected chi connectivity index (χ0v) is 12.0. The van der Waals surface area contributed by atoms with E-state index in [0.29, 0.717) is 6.04 Å². The molecule has 0 radical (unpaired) electrons. The Morgan fingerprint density at radius 2 is 2.11 bits per heavy atom. The van der Waals surface area contributed by atoms with E-state index in [1.54, 1.807) is 0 Å². The van der Waals surface area contributed by atoms with Crippen LogP contribution in [0.25, 0.3) is 0 Å². The number of rotatable bonds is 5. The minimum absolute atomic E-state index is 0.678. The minimum atomic E-state index is 0.678. The van der Waals surface area contributed by atoms with E-state index >= 15 is 0 Å². The number of hydrogen-bond donors (Lipinski definition) is 1. The summed E-state index contributed by atoms with van der Waals surface area (Å²) in [6.45, 7) is 2.39. The zero-order chi connectivity index (χ0) is 13.0. The van der Waals surface area contributed by atoms with Crippen LogP contribution in [0.4, 0.5) is 0 Å². The number of nitrogens with zero attached hydrogens (tertiary/aromatic N) is 2. The molecule has 0 amide bonds. The fourth-order valence-electron chi connectivity index (χ4n) is 3.23. The van der Waals surface area contributed by atoms with Crippen LogP contribution in [-0.2, 0) is 13.5 Å². The average Bonchev–Trinajstić information content (AvgIpc) is 2.78. The first-order chi connectivity index (χ1) is 8.69. The highest BCUT2D eigenvalue weighted by Gasteiger charge is 2.24. The second kappa shape index (κ2) is 6.37. The van der Waals surface area contributed by atoms with E-state index in [4.69, 9.17) is 0 Å². The fourth-order valence-corrected chi connectivity index (χ4v) is 3.23. The lowest BCUT2D eigenvalue weighted by Crippen LogP contribution is -2.36. The number of aromatic nitrogens is 2. The summed E-state index contributed by atoms with van der Waals surface area (Å²) in [7, 11) is 4.10. The number of aryl methyl sites for hydroxylation is 2. The third kappa shape index (κ3) is 3.58. The van der Waals surface area contributed by atoms with E-state index in [1.807, 2.05) is 17.9 Å². The maximum absolute atomic E-state index is 4.24. The maximum atomic E-state index is 4.24. The monoisotopic (exact) mass is 249 g/mol. The Bertz CT molecular complexity index is 350. The minimum Gasteiger partial charge on any atom is -0.317 e. The summed E-state index contributed by atoms with van der Waals surface area (Å²) in [5.41, 5.74) is 1.36. The van der Waals surface area contributed by atoms with Gasteiger partial charge in [-0.1, -0.05) is 19.8 Å². The molecule has 2 rings (SSSR count). The van der Waals surface area contributed by atoms with Gasteiger partial charge in [-0.25, -0.2) is 0 Å². The standard InChI is InChI=1S/C15H27N3/c1-12-4-7-14(8-5-12)15(16-2)9-6-13-10-17-18(3)11-13/h10-12,14-16H,4-9H2,1-3H3. The highest BCUT2D eigenvalue weighted by atomic mass is 15.2. The van der Waals surface area contributed by atoms with Gasteiger partial charge in [0.15, 0.2) is 0 Å². The van der Waals surface area contributed by atoms with E-state index in [-0.39, 0.29) is 0 Å². The molecule has 1 aliphatic rings. The van der Waals surface area contributed by atoms with Crippen LogP contribution in [0, 0.1) is 11.8 Å². The normalized spacial score (nSPS) is 26.2. The molecule has 1 aromatic heterocycles. The largest absolute Gasteiger partial charge is 0.317 e. The van der Waals surface area contributed by atoms with Crippen LogP contribution >= 0.6 is 0 Å². The van der Waals surface area contributed by atoms with Crippen LogP contribution in [0.2, 0.25) is 0 Å². The van der Waals surface area contributed by atoms with Gasteiger partial charge in [0, 0.05) is 19.3 Å². The van der Waals surface area contributed by atoms with Crippen LogP contribution in [0.5, 0.6) is 0 Å². The van der Waals surface area contributed by atoms with Crippen molar-refractivity contribution in [1.82, 2.24) is 15.1 Å². The Morgan fingerprint density at radius 1 is 1.39 bits per heavy atom. The van der Waals surface area contributed by atoms with Gasteiger partial charge in [0.2, 0.25) is 0 Å². The average molecular weight is 249 g/mol. The lowest BCUT2D eigenvalue weighted by molar-refractivity contribution is 0.229. The molecule has 1 aromatic rings. The predicted octanol–water partition coefficient (Wildman–Crippen LogP) is 2.77. The van der Waals surface area contributed by atoms with Crippen molar-refractivity contribution in [2.24, 2.45) is 18.9 Å². The van der Waals surface area contributed by atoms with Crippen molar-refractivity contribution in [2.45, 2.75) is 51.5 Å². The molecule has 3 heteroatoms. The Balaban J connectivity index is 1.81. The summed E-state index contributed by atoms with van der Waals surface area (Å²) < 4.78 is 1.89.